The van der Waals surface area contributed by atoms with E-state index in [0.717, 1.165) is 21.3 Å². The second kappa shape index (κ2) is 9.80. The van der Waals surface area contributed by atoms with E-state index in [4.69, 9.17) is 4.74 Å². The SMILES string of the molecule is COc1ccccc1Nc1nnc(SCC(=O)NC(C)c2ccc3ccccc3c2)s1. The van der Waals surface area contributed by atoms with Crippen molar-refractivity contribution in [3.8, 4) is 5.75 Å². The number of ether oxygens (including phenoxy) is 1. The van der Waals surface area contributed by atoms with Gasteiger partial charge in [0.25, 0.3) is 0 Å². The highest BCUT2D eigenvalue weighted by Crippen LogP contribution is 2.31. The maximum absolute atomic E-state index is 12.4. The second-order valence-electron chi connectivity index (χ2n) is 6.88. The van der Waals surface area contributed by atoms with E-state index < -0.39 is 0 Å². The number of benzene rings is 3. The van der Waals surface area contributed by atoms with Crippen LogP contribution in [0.5, 0.6) is 5.75 Å². The molecule has 4 aromatic rings. The number of amides is 1. The number of hydrogen-bond donors (Lipinski definition) is 2. The van der Waals surface area contributed by atoms with Crippen LogP contribution in [-0.2, 0) is 4.79 Å². The summed E-state index contributed by atoms with van der Waals surface area (Å²) in [6.07, 6.45) is 0. The zero-order valence-corrected chi connectivity index (χ0v) is 18.8. The molecular formula is C23H22N4O2S2. The van der Waals surface area contributed by atoms with Gasteiger partial charge in [0.05, 0.1) is 24.6 Å². The van der Waals surface area contributed by atoms with Crippen molar-refractivity contribution in [1.29, 1.82) is 0 Å². The van der Waals surface area contributed by atoms with Crippen LogP contribution in [0.1, 0.15) is 18.5 Å². The molecule has 0 spiro atoms. The smallest absolute Gasteiger partial charge is 0.230 e. The Labute approximate surface area is 189 Å². The molecule has 0 radical (unpaired) electrons. The van der Waals surface area contributed by atoms with Crippen molar-refractivity contribution in [2.24, 2.45) is 0 Å². The highest BCUT2D eigenvalue weighted by Gasteiger charge is 2.13. The lowest BCUT2D eigenvalue weighted by atomic mass is 10.0. The molecule has 8 heteroatoms. The van der Waals surface area contributed by atoms with Crippen LogP contribution in [0.15, 0.2) is 71.1 Å². The predicted octanol–water partition coefficient (Wildman–Crippen LogP) is 5.41. The Morgan fingerprint density at radius 1 is 1.06 bits per heavy atom. The van der Waals surface area contributed by atoms with E-state index in [1.54, 1.807) is 7.11 Å². The van der Waals surface area contributed by atoms with Crippen LogP contribution in [-0.4, -0.2) is 29.0 Å². The summed E-state index contributed by atoms with van der Waals surface area (Å²) in [5.74, 6) is 0.968. The Morgan fingerprint density at radius 2 is 1.84 bits per heavy atom. The number of para-hydroxylation sites is 2. The van der Waals surface area contributed by atoms with Gasteiger partial charge in [0.2, 0.25) is 11.0 Å². The first-order valence-electron chi connectivity index (χ1n) is 9.77. The van der Waals surface area contributed by atoms with Gasteiger partial charge in [-0.15, -0.1) is 10.2 Å². The van der Waals surface area contributed by atoms with E-state index in [9.17, 15) is 4.79 Å². The first-order chi connectivity index (χ1) is 15.1. The number of nitrogens with one attached hydrogen (secondary N) is 2. The lowest BCUT2D eigenvalue weighted by Gasteiger charge is -2.14. The molecule has 0 aliphatic carbocycles. The normalized spacial score (nSPS) is 11.8. The number of thioether (sulfide) groups is 1. The van der Waals surface area contributed by atoms with E-state index in [1.165, 1.54) is 33.9 Å². The van der Waals surface area contributed by atoms with Gasteiger partial charge in [-0.2, -0.15) is 0 Å². The third-order valence-electron chi connectivity index (χ3n) is 4.73. The molecule has 0 saturated heterocycles. The Bertz CT molecular complexity index is 1190. The van der Waals surface area contributed by atoms with E-state index in [0.29, 0.717) is 5.13 Å². The fourth-order valence-corrected chi connectivity index (χ4v) is 4.73. The average molecular weight is 451 g/mol. The van der Waals surface area contributed by atoms with Crippen LogP contribution in [0.3, 0.4) is 0 Å². The molecule has 1 heterocycles. The Hall–Kier alpha value is -3.10. The summed E-state index contributed by atoms with van der Waals surface area (Å²) in [5.41, 5.74) is 1.90. The third-order valence-corrected chi connectivity index (χ3v) is 6.70. The molecule has 3 aromatic carbocycles. The predicted molar refractivity (Wildman–Crippen MR) is 127 cm³/mol. The zero-order chi connectivity index (χ0) is 21.6. The topological polar surface area (TPSA) is 76.1 Å². The van der Waals surface area contributed by atoms with Crippen LogP contribution in [0, 0.1) is 0 Å². The van der Waals surface area contributed by atoms with E-state index >= 15 is 0 Å². The summed E-state index contributed by atoms with van der Waals surface area (Å²) in [7, 11) is 1.62. The minimum absolute atomic E-state index is 0.0416. The highest BCUT2D eigenvalue weighted by molar-refractivity contribution is 8.01. The second-order valence-corrected chi connectivity index (χ2v) is 9.08. The molecule has 0 saturated carbocycles. The van der Waals surface area contributed by atoms with Crippen molar-refractivity contribution in [3.05, 3.63) is 72.3 Å². The first kappa shape index (κ1) is 21.1. The van der Waals surface area contributed by atoms with Gasteiger partial charge in [-0.05, 0) is 41.5 Å². The average Bonchev–Trinajstić information content (AvgIpc) is 3.25. The van der Waals surface area contributed by atoms with Gasteiger partial charge in [0.1, 0.15) is 5.75 Å². The number of fused-ring (bicyclic) bond motifs is 1. The minimum atomic E-state index is -0.0742. The molecule has 158 valence electrons. The van der Waals surface area contributed by atoms with Crippen molar-refractivity contribution in [1.82, 2.24) is 15.5 Å². The largest absolute Gasteiger partial charge is 0.495 e. The summed E-state index contributed by atoms with van der Waals surface area (Å²) in [4.78, 5) is 12.4. The molecule has 31 heavy (non-hydrogen) atoms. The number of carbonyl (C=O) groups is 1. The molecule has 1 amide bonds. The maximum Gasteiger partial charge on any atom is 0.230 e. The molecule has 2 N–H and O–H groups in total. The van der Waals surface area contributed by atoms with Crippen molar-refractivity contribution in [2.45, 2.75) is 17.3 Å². The van der Waals surface area contributed by atoms with Gasteiger partial charge in [-0.3, -0.25) is 4.79 Å². The number of aromatic nitrogens is 2. The summed E-state index contributed by atoms with van der Waals surface area (Å²) >= 11 is 2.77. The molecule has 1 atom stereocenters. The molecule has 4 rings (SSSR count). The summed E-state index contributed by atoms with van der Waals surface area (Å²) in [6.45, 7) is 1.99. The van der Waals surface area contributed by atoms with Crippen LogP contribution in [0.2, 0.25) is 0 Å². The number of anilines is 2. The van der Waals surface area contributed by atoms with Crippen LogP contribution >= 0.6 is 23.1 Å². The van der Waals surface area contributed by atoms with Gasteiger partial charge in [-0.25, -0.2) is 0 Å². The number of hydrogen-bond acceptors (Lipinski definition) is 7. The van der Waals surface area contributed by atoms with E-state index in [2.05, 4.69) is 51.2 Å². The van der Waals surface area contributed by atoms with Gasteiger partial charge in [0.15, 0.2) is 4.34 Å². The lowest BCUT2D eigenvalue weighted by Crippen LogP contribution is -2.28. The summed E-state index contributed by atoms with van der Waals surface area (Å²) in [5, 5.41) is 17.6. The quantitative estimate of drug-likeness (QED) is 0.350. The number of carbonyl (C=O) groups excluding carboxylic acids is 1. The van der Waals surface area contributed by atoms with Crippen LogP contribution < -0.4 is 15.4 Å². The molecule has 1 aromatic heterocycles. The van der Waals surface area contributed by atoms with Crippen LogP contribution in [0.25, 0.3) is 10.8 Å². The Morgan fingerprint density at radius 3 is 2.68 bits per heavy atom. The van der Waals surface area contributed by atoms with Crippen molar-refractivity contribution in [3.63, 3.8) is 0 Å². The molecule has 0 bridgehead atoms. The van der Waals surface area contributed by atoms with Crippen molar-refractivity contribution >= 4 is 50.6 Å². The molecular weight excluding hydrogens is 428 g/mol. The Kier molecular flexibility index (Phi) is 6.69. The zero-order valence-electron chi connectivity index (χ0n) is 17.2. The van der Waals surface area contributed by atoms with Crippen molar-refractivity contribution < 1.29 is 9.53 Å². The highest BCUT2D eigenvalue weighted by atomic mass is 32.2. The fraction of sp³-hybridized carbons (Fsp3) is 0.174. The summed E-state index contributed by atoms with van der Waals surface area (Å²) in [6, 6.07) is 22.0. The summed E-state index contributed by atoms with van der Waals surface area (Å²) < 4.78 is 6.06. The Balaban J connectivity index is 1.31. The lowest BCUT2D eigenvalue weighted by molar-refractivity contribution is -0.119. The minimum Gasteiger partial charge on any atom is -0.495 e. The molecule has 6 nitrogen and oxygen atoms in total. The third kappa shape index (κ3) is 5.34. The van der Waals surface area contributed by atoms with Crippen molar-refractivity contribution in [2.75, 3.05) is 18.2 Å². The number of rotatable bonds is 8. The van der Waals surface area contributed by atoms with Gasteiger partial charge in [0, 0.05) is 0 Å². The maximum atomic E-state index is 12.4. The molecule has 0 aliphatic heterocycles. The number of methoxy groups -OCH3 is 1. The van der Waals surface area contributed by atoms with Gasteiger partial charge < -0.3 is 15.4 Å². The monoisotopic (exact) mass is 450 g/mol. The van der Waals surface area contributed by atoms with Crippen LogP contribution in [0.4, 0.5) is 10.8 Å². The first-order valence-corrected chi connectivity index (χ1v) is 11.6. The van der Waals surface area contributed by atoms with E-state index in [-0.39, 0.29) is 17.7 Å². The molecule has 0 aliphatic rings. The molecule has 1 unspecified atom stereocenters. The molecule has 0 fully saturated rings. The number of nitrogens with zero attached hydrogens (tertiary/aromatic N) is 2. The van der Waals surface area contributed by atoms with E-state index in [1.807, 2.05) is 43.3 Å². The fourth-order valence-electron chi connectivity index (χ4n) is 3.15. The van der Waals surface area contributed by atoms with Gasteiger partial charge >= 0.3 is 0 Å². The standard InChI is InChI=1S/C23H22N4O2S2/c1-15(17-12-11-16-7-3-4-8-18(16)13-17)24-21(28)14-30-23-27-26-22(31-23)25-19-9-5-6-10-20(19)29-2/h3-13,15H,14H2,1-2H3,(H,24,28)(H,25,26). The van der Waals surface area contributed by atoms with Gasteiger partial charge in [-0.1, -0.05) is 71.6 Å².